The third-order valence-electron chi connectivity index (χ3n) is 2.09. The number of nitro groups is 1. The summed E-state index contributed by atoms with van der Waals surface area (Å²) in [6.07, 6.45) is 0.804. The molecule has 0 bridgehead atoms. The summed E-state index contributed by atoms with van der Waals surface area (Å²) in [5, 5.41) is 10.7. The van der Waals surface area contributed by atoms with Crippen molar-refractivity contribution in [2.75, 3.05) is 6.61 Å². The zero-order valence-electron chi connectivity index (χ0n) is 7.27. The van der Waals surface area contributed by atoms with E-state index in [1.165, 1.54) is 6.07 Å². The molecule has 1 saturated heterocycles. The number of hydrogen-bond acceptors (Lipinski definition) is 3. The van der Waals surface area contributed by atoms with Gasteiger partial charge in [0, 0.05) is 22.5 Å². The number of halogens is 1. The summed E-state index contributed by atoms with van der Waals surface area (Å²) < 4.78 is 5.77. The molecule has 1 aliphatic rings. The minimum absolute atomic E-state index is 0.162. The molecule has 0 spiro atoms. The molecule has 1 aromatic carbocycles. The van der Waals surface area contributed by atoms with Crippen molar-refractivity contribution < 1.29 is 9.66 Å². The molecule has 2 rings (SSSR count). The van der Waals surface area contributed by atoms with Crippen LogP contribution in [0.5, 0.6) is 0 Å². The van der Waals surface area contributed by atoms with Gasteiger partial charge in [0.25, 0.3) is 5.69 Å². The van der Waals surface area contributed by atoms with Crippen LogP contribution in [0.1, 0.15) is 5.56 Å². The maximum atomic E-state index is 10.7. The highest BCUT2D eigenvalue weighted by Gasteiger charge is 2.26. The normalized spacial score (nSPS) is 19.4. The van der Waals surface area contributed by atoms with Crippen molar-refractivity contribution in [1.29, 1.82) is 0 Å². The maximum Gasteiger partial charge on any atom is 0.273 e. The van der Waals surface area contributed by atoms with E-state index in [-0.39, 0.29) is 16.7 Å². The number of epoxide rings is 1. The van der Waals surface area contributed by atoms with Crippen LogP contribution in [-0.4, -0.2) is 17.6 Å². The van der Waals surface area contributed by atoms with Crippen LogP contribution in [0.25, 0.3) is 0 Å². The molecular weight excluding hydrogens is 250 g/mol. The van der Waals surface area contributed by atoms with Gasteiger partial charge in [-0.1, -0.05) is 22.0 Å². The van der Waals surface area contributed by atoms with E-state index in [4.69, 9.17) is 4.74 Å². The highest BCUT2D eigenvalue weighted by atomic mass is 79.9. The fourth-order valence-corrected chi connectivity index (χ4v) is 1.66. The summed E-state index contributed by atoms with van der Waals surface area (Å²) in [5.41, 5.74) is 0.899. The highest BCUT2D eigenvalue weighted by Crippen LogP contribution is 2.27. The molecule has 0 radical (unpaired) electrons. The Labute approximate surface area is 89.2 Å². The van der Waals surface area contributed by atoms with E-state index in [0.717, 1.165) is 10.0 Å². The summed E-state index contributed by atoms with van der Waals surface area (Å²) in [6.45, 7) is 0.715. The SMILES string of the molecule is O=[N+]([O-])c1cc(Br)ccc1CC1CO1. The molecule has 1 aromatic rings. The number of hydrogen-bond donors (Lipinski definition) is 0. The number of rotatable bonds is 3. The van der Waals surface area contributed by atoms with Gasteiger partial charge in [0.2, 0.25) is 0 Å². The average Bonchev–Trinajstić information content (AvgIpc) is 2.91. The summed E-state index contributed by atoms with van der Waals surface area (Å²) >= 11 is 3.21. The fourth-order valence-electron chi connectivity index (χ4n) is 1.31. The van der Waals surface area contributed by atoms with Crippen molar-refractivity contribution in [1.82, 2.24) is 0 Å². The van der Waals surface area contributed by atoms with Gasteiger partial charge in [0.1, 0.15) is 0 Å². The van der Waals surface area contributed by atoms with Crippen LogP contribution in [0.15, 0.2) is 22.7 Å². The maximum absolute atomic E-state index is 10.7. The summed E-state index contributed by atoms with van der Waals surface area (Å²) in [7, 11) is 0. The molecule has 0 amide bonds. The van der Waals surface area contributed by atoms with Crippen LogP contribution < -0.4 is 0 Å². The molecule has 14 heavy (non-hydrogen) atoms. The van der Waals surface area contributed by atoms with E-state index in [2.05, 4.69) is 15.9 Å². The average molecular weight is 258 g/mol. The molecule has 1 unspecified atom stereocenters. The number of benzene rings is 1. The van der Waals surface area contributed by atoms with E-state index in [0.29, 0.717) is 13.0 Å². The molecule has 0 aromatic heterocycles. The fraction of sp³-hybridized carbons (Fsp3) is 0.333. The Bertz CT molecular complexity index is 376. The molecule has 4 nitrogen and oxygen atoms in total. The van der Waals surface area contributed by atoms with E-state index in [1.807, 2.05) is 6.07 Å². The van der Waals surface area contributed by atoms with Crippen molar-refractivity contribution in [2.45, 2.75) is 12.5 Å². The smallest absolute Gasteiger partial charge is 0.273 e. The number of nitrogens with zero attached hydrogens (tertiary/aromatic N) is 1. The van der Waals surface area contributed by atoms with E-state index >= 15 is 0 Å². The summed E-state index contributed by atoms with van der Waals surface area (Å²) in [6, 6.07) is 5.10. The third-order valence-corrected chi connectivity index (χ3v) is 2.59. The third kappa shape index (κ3) is 2.10. The van der Waals surface area contributed by atoms with Crippen LogP contribution in [0, 0.1) is 10.1 Å². The zero-order chi connectivity index (χ0) is 10.1. The molecule has 0 aliphatic carbocycles. The Kier molecular flexibility index (Phi) is 2.52. The monoisotopic (exact) mass is 257 g/mol. The van der Waals surface area contributed by atoms with Gasteiger partial charge in [0.05, 0.1) is 17.6 Å². The van der Waals surface area contributed by atoms with Gasteiger partial charge in [-0.15, -0.1) is 0 Å². The first-order valence-corrected chi connectivity index (χ1v) is 5.00. The Morgan fingerprint density at radius 2 is 2.36 bits per heavy atom. The van der Waals surface area contributed by atoms with Gasteiger partial charge in [-0.25, -0.2) is 0 Å². The van der Waals surface area contributed by atoms with Gasteiger partial charge in [-0.3, -0.25) is 10.1 Å². The second kappa shape index (κ2) is 3.67. The number of nitro benzene ring substituents is 1. The van der Waals surface area contributed by atoms with Gasteiger partial charge in [0.15, 0.2) is 0 Å². The highest BCUT2D eigenvalue weighted by molar-refractivity contribution is 9.10. The van der Waals surface area contributed by atoms with E-state index in [1.54, 1.807) is 6.07 Å². The molecule has 1 atom stereocenters. The van der Waals surface area contributed by atoms with Gasteiger partial charge >= 0.3 is 0 Å². The Balaban J connectivity index is 2.31. The lowest BCUT2D eigenvalue weighted by Crippen LogP contribution is -1.99. The Morgan fingerprint density at radius 3 is 2.93 bits per heavy atom. The minimum atomic E-state index is -0.359. The van der Waals surface area contributed by atoms with Gasteiger partial charge < -0.3 is 4.74 Å². The standard InChI is InChI=1S/C9H8BrNO3/c10-7-2-1-6(3-8-5-14-8)9(4-7)11(12)13/h1-2,4,8H,3,5H2. The van der Waals surface area contributed by atoms with Crippen LogP contribution in [0.4, 0.5) is 5.69 Å². The van der Waals surface area contributed by atoms with Crippen molar-refractivity contribution in [3.05, 3.63) is 38.3 Å². The van der Waals surface area contributed by atoms with Crippen molar-refractivity contribution in [3.63, 3.8) is 0 Å². The van der Waals surface area contributed by atoms with Crippen LogP contribution in [0.3, 0.4) is 0 Å². The van der Waals surface area contributed by atoms with Crippen molar-refractivity contribution in [3.8, 4) is 0 Å². The largest absolute Gasteiger partial charge is 0.373 e. The van der Waals surface area contributed by atoms with Gasteiger partial charge in [-0.05, 0) is 6.07 Å². The van der Waals surface area contributed by atoms with Crippen LogP contribution in [0.2, 0.25) is 0 Å². The first kappa shape index (κ1) is 9.61. The topological polar surface area (TPSA) is 55.7 Å². The predicted octanol–water partition coefficient (Wildman–Crippen LogP) is 2.30. The molecule has 1 aliphatic heterocycles. The molecule has 0 saturated carbocycles. The second-order valence-electron chi connectivity index (χ2n) is 3.19. The van der Waals surface area contributed by atoms with Crippen LogP contribution in [-0.2, 0) is 11.2 Å². The second-order valence-corrected chi connectivity index (χ2v) is 4.11. The Hall–Kier alpha value is -0.940. The van der Waals surface area contributed by atoms with Crippen molar-refractivity contribution in [2.24, 2.45) is 0 Å². The molecule has 74 valence electrons. The summed E-state index contributed by atoms with van der Waals surface area (Å²) in [4.78, 5) is 10.4. The molecular formula is C9H8BrNO3. The minimum Gasteiger partial charge on any atom is -0.373 e. The van der Waals surface area contributed by atoms with Gasteiger partial charge in [-0.2, -0.15) is 0 Å². The first-order valence-electron chi connectivity index (χ1n) is 4.21. The van der Waals surface area contributed by atoms with Crippen LogP contribution >= 0.6 is 15.9 Å². The van der Waals surface area contributed by atoms with E-state index < -0.39 is 0 Å². The molecule has 0 N–H and O–H groups in total. The lowest BCUT2D eigenvalue weighted by molar-refractivity contribution is -0.385. The Morgan fingerprint density at radius 1 is 1.64 bits per heavy atom. The molecule has 1 fully saturated rings. The summed E-state index contributed by atoms with van der Waals surface area (Å²) in [5.74, 6) is 0. The molecule has 1 heterocycles. The zero-order valence-corrected chi connectivity index (χ0v) is 8.86. The predicted molar refractivity (Wildman–Crippen MR) is 54.2 cm³/mol. The quantitative estimate of drug-likeness (QED) is 0.475. The number of ether oxygens (including phenoxy) is 1. The first-order chi connectivity index (χ1) is 6.66. The lowest BCUT2D eigenvalue weighted by Gasteiger charge is -2.00. The van der Waals surface area contributed by atoms with E-state index in [9.17, 15) is 10.1 Å². The lowest BCUT2D eigenvalue weighted by atomic mass is 10.1. The van der Waals surface area contributed by atoms with Crippen molar-refractivity contribution >= 4 is 21.6 Å². The molecule has 5 heteroatoms.